The van der Waals surface area contributed by atoms with Gasteiger partial charge in [-0.2, -0.15) is 0 Å². The lowest BCUT2D eigenvalue weighted by molar-refractivity contribution is 0.0698. The third kappa shape index (κ3) is 5.15. The van der Waals surface area contributed by atoms with Crippen LogP contribution in [0.25, 0.3) is 0 Å². The summed E-state index contributed by atoms with van der Waals surface area (Å²) in [5.74, 6) is 2.87. The first-order valence-corrected chi connectivity index (χ1v) is 8.37. The summed E-state index contributed by atoms with van der Waals surface area (Å²) in [5.41, 5.74) is 0. The van der Waals surface area contributed by atoms with Crippen LogP contribution in [0.15, 0.2) is 4.99 Å². The van der Waals surface area contributed by atoms with Crippen LogP contribution in [0.5, 0.6) is 0 Å². The Balaban J connectivity index is 1.62. The number of nitrogens with zero attached hydrogens (tertiary/aromatic N) is 2. The number of likely N-dealkylation sites (tertiary alicyclic amines) is 1. The number of hydrogen-bond donors (Lipinski definition) is 1. The summed E-state index contributed by atoms with van der Waals surface area (Å²) in [7, 11) is 3.59. The standard InChI is InChI=1S/C16H31N3O2/c1-17-16(18-8-5-9-21-11-10-20-2)19-12-14-6-3-4-7-15(14)13-19/h14-15H,3-13H2,1-2H3,(H,17,18). The summed E-state index contributed by atoms with van der Waals surface area (Å²) in [4.78, 5) is 6.90. The van der Waals surface area contributed by atoms with Gasteiger partial charge in [0.2, 0.25) is 0 Å². The van der Waals surface area contributed by atoms with Crippen LogP contribution in [0.2, 0.25) is 0 Å². The Hall–Kier alpha value is -0.810. The van der Waals surface area contributed by atoms with E-state index in [1.807, 2.05) is 7.05 Å². The zero-order valence-corrected chi connectivity index (χ0v) is 13.6. The minimum Gasteiger partial charge on any atom is -0.382 e. The van der Waals surface area contributed by atoms with E-state index in [0.717, 1.165) is 37.4 Å². The summed E-state index contributed by atoms with van der Waals surface area (Å²) in [6, 6.07) is 0. The minimum atomic E-state index is 0.672. The summed E-state index contributed by atoms with van der Waals surface area (Å²) < 4.78 is 10.4. The lowest BCUT2D eigenvalue weighted by Crippen LogP contribution is -2.40. The molecule has 0 aromatic heterocycles. The predicted molar refractivity (Wildman–Crippen MR) is 85.7 cm³/mol. The highest BCUT2D eigenvalue weighted by Crippen LogP contribution is 2.35. The third-order valence-corrected chi connectivity index (χ3v) is 4.67. The Morgan fingerprint density at radius 3 is 2.48 bits per heavy atom. The van der Waals surface area contributed by atoms with E-state index in [2.05, 4.69) is 15.2 Å². The van der Waals surface area contributed by atoms with Gasteiger partial charge >= 0.3 is 0 Å². The minimum absolute atomic E-state index is 0.672. The SMILES string of the molecule is CN=C(NCCCOCCOC)N1CC2CCCCC2C1. The molecular weight excluding hydrogens is 266 g/mol. The van der Waals surface area contributed by atoms with Crippen LogP contribution in [0, 0.1) is 11.8 Å². The summed E-state index contributed by atoms with van der Waals surface area (Å²) in [6.45, 7) is 5.43. The van der Waals surface area contributed by atoms with E-state index in [1.54, 1.807) is 7.11 Å². The molecule has 2 rings (SSSR count). The average molecular weight is 297 g/mol. The maximum atomic E-state index is 5.47. The van der Waals surface area contributed by atoms with Gasteiger partial charge in [-0.1, -0.05) is 12.8 Å². The van der Waals surface area contributed by atoms with Gasteiger partial charge < -0.3 is 19.7 Å². The van der Waals surface area contributed by atoms with Gasteiger partial charge in [0, 0.05) is 40.4 Å². The van der Waals surface area contributed by atoms with E-state index < -0.39 is 0 Å². The van der Waals surface area contributed by atoms with Gasteiger partial charge in [-0.05, 0) is 31.1 Å². The molecule has 0 bridgehead atoms. The van der Waals surface area contributed by atoms with Crippen LogP contribution in [0.4, 0.5) is 0 Å². The van der Waals surface area contributed by atoms with Gasteiger partial charge in [0.25, 0.3) is 0 Å². The second-order valence-electron chi connectivity index (χ2n) is 6.14. The fourth-order valence-corrected chi connectivity index (χ4v) is 3.53. The van der Waals surface area contributed by atoms with Crippen LogP contribution in [-0.2, 0) is 9.47 Å². The Kier molecular flexibility index (Phi) is 7.30. The summed E-state index contributed by atoms with van der Waals surface area (Å²) in [6.07, 6.45) is 6.65. The van der Waals surface area contributed by atoms with Crippen molar-refractivity contribution in [3.05, 3.63) is 0 Å². The molecule has 5 nitrogen and oxygen atoms in total. The number of guanidine groups is 1. The van der Waals surface area contributed by atoms with Crippen LogP contribution < -0.4 is 5.32 Å². The van der Waals surface area contributed by atoms with Crippen molar-refractivity contribution in [3.63, 3.8) is 0 Å². The average Bonchev–Trinajstić information content (AvgIpc) is 2.94. The molecule has 0 aromatic rings. The van der Waals surface area contributed by atoms with Gasteiger partial charge in [0.15, 0.2) is 5.96 Å². The van der Waals surface area contributed by atoms with Crippen molar-refractivity contribution in [1.82, 2.24) is 10.2 Å². The molecule has 1 N–H and O–H groups in total. The normalized spacial score (nSPS) is 26.0. The Morgan fingerprint density at radius 1 is 1.14 bits per heavy atom. The molecule has 1 aliphatic carbocycles. The smallest absolute Gasteiger partial charge is 0.193 e. The molecule has 2 fully saturated rings. The molecule has 2 unspecified atom stereocenters. The molecule has 2 atom stereocenters. The molecule has 0 spiro atoms. The van der Waals surface area contributed by atoms with Crippen molar-refractivity contribution in [2.24, 2.45) is 16.8 Å². The van der Waals surface area contributed by atoms with Crippen molar-refractivity contribution in [2.45, 2.75) is 32.1 Å². The monoisotopic (exact) mass is 297 g/mol. The number of rotatable bonds is 7. The van der Waals surface area contributed by atoms with Gasteiger partial charge in [-0.15, -0.1) is 0 Å². The molecule has 0 aromatic carbocycles. The summed E-state index contributed by atoms with van der Waals surface area (Å²) in [5, 5.41) is 3.48. The molecule has 122 valence electrons. The lowest BCUT2D eigenvalue weighted by atomic mass is 9.82. The number of nitrogens with one attached hydrogen (secondary N) is 1. The first-order chi connectivity index (χ1) is 10.3. The highest BCUT2D eigenvalue weighted by Gasteiger charge is 2.35. The number of aliphatic imine (C=N–C) groups is 1. The Bertz CT molecular complexity index is 309. The van der Waals surface area contributed by atoms with Crippen molar-refractivity contribution in [3.8, 4) is 0 Å². The Morgan fingerprint density at radius 2 is 1.86 bits per heavy atom. The lowest BCUT2D eigenvalue weighted by Gasteiger charge is -2.22. The molecule has 1 saturated heterocycles. The first kappa shape index (κ1) is 16.6. The first-order valence-electron chi connectivity index (χ1n) is 8.37. The Labute approximate surface area is 129 Å². The molecule has 21 heavy (non-hydrogen) atoms. The van der Waals surface area contributed by atoms with Gasteiger partial charge in [0.05, 0.1) is 13.2 Å². The molecule has 5 heteroatoms. The van der Waals surface area contributed by atoms with Crippen LogP contribution in [0.1, 0.15) is 32.1 Å². The summed E-state index contributed by atoms with van der Waals surface area (Å²) >= 11 is 0. The van der Waals surface area contributed by atoms with E-state index >= 15 is 0 Å². The van der Waals surface area contributed by atoms with Crippen molar-refractivity contribution >= 4 is 5.96 Å². The third-order valence-electron chi connectivity index (χ3n) is 4.67. The van der Waals surface area contributed by atoms with Crippen molar-refractivity contribution < 1.29 is 9.47 Å². The molecule has 1 saturated carbocycles. The van der Waals surface area contributed by atoms with Crippen LogP contribution >= 0.6 is 0 Å². The maximum Gasteiger partial charge on any atom is 0.193 e. The van der Waals surface area contributed by atoms with E-state index in [0.29, 0.717) is 13.2 Å². The quantitative estimate of drug-likeness (QED) is 0.442. The topological polar surface area (TPSA) is 46.1 Å². The fourth-order valence-electron chi connectivity index (χ4n) is 3.53. The zero-order chi connectivity index (χ0) is 14.9. The van der Waals surface area contributed by atoms with E-state index in [1.165, 1.54) is 38.8 Å². The van der Waals surface area contributed by atoms with Crippen molar-refractivity contribution in [2.75, 3.05) is 53.6 Å². The molecule has 0 radical (unpaired) electrons. The second kappa shape index (κ2) is 9.26. The number of fused-ring (bicyclic) bond motifs is 1. The van der Waals surface area contributed by atoms with E-state index in [-0.39, 0.29) is 0 Å². The van der Waals surface area contributed by atoms with Gasteiger partial charge in [-0.3, -0.25) is 4.99 Å². The number of methoxy groups -OCH3 is 1. The van der Waals surface area contributed by atoms with Crippen molar-refractivity contribution in [1.29, 1.82) is 0 Å². The molecule has 1 aliphatic heterocycles. The number of ether oxygens (including phenoxy) is 2. The molecule has 2 aliphatic rings. The maximum absolute atomic E-state index is 5.47. The van der Waals surface area contributed by atoms with Crippen LogP contribution in [0.3, 0.4) is 0 Å². The highest BCUT2D eigenvalue weighted by molar-refractivity contribution is 5.80. The van der Waals surface area contributed by atoms with Crippen LogP contribution in [-0.4, -0.2) is 64.5 Å². The largest absolute Gasteiger partial charge is 0.382 e. The molecule has 0 amide bonds. The molecule has 1 heterocycles. The molecular formula is C16H31N3O2. The van der Waals surface area contributed by atoms with Gasteiger partial charge in [0.1, 0.15) is 0 Å². The zero-order valence-electron chi connectivity index (χ0n) is 13.6. The number of hydrogen-bond acceptors (Lipinski definition) is 3. The predicted octanol–water partition coefficient (Wildman–Crippen LogP) is 1.74. The van der Waals surface area contributed by atoms with Gasteiger partial charge in [-0.25, -0.2) is 0 Å². The highest BCUT2D eigenvalue weighted by atomic mass is 16.5. The second-order valence-corrected chi connectivity index (χ2v) is 6.14. The van der Waals surface area contributed by atoms with E-state index in [4.69, 9.17) is 9.47 Å². The fraction of sp³-hybridized carbons (Fsp3) is 0.938. The van der Waals surface area contributed by atoms with E-state index in [9.17, 15) is 0 Å².